The molecule has 1 heterocycles. The summed E-state index contributed by atoms with van der Waals surface area (Å²) in [6, 6.07) is 0. The van der Waals surface area contributed by atoms with Gasteiger partial charge in [0, 0.05) is 7.11 Å². The number of nitrogens with zero attached hydrogens (tertiary/aromatic N) is 1. The second kappa shape index (κ2) is 3.63. The highest BCUT2D eigenvalue weighted by Gasteiger charge is 2.42. The molecule has 0 spiro atoms. The van der Waals surface area contributed by atoms with Crippen molar-refractivity contribution in [1.82, 2.24) is 4.98 Å². The monoisotopic (exact) mass is 211 g/mol. The standard InChI is InChI=1S/C7H8F3NOS/c1-4-5(13-3-11-4)6(12-2)7(8,9)10/h3,6H,1-2H3. The number of hydrogen-bond acceptors (Lipinski definition) is 3. The third kappa shape index (κ3) is 2.19. The number of aromatic nitrogens is 1. The minimum atomic E-state index is -4.37. The van der Waals surface area contributed by atoms with Crippen molar-refractivity contribution in [2.24, 2.45) is 0 Å². The summed E-state index contributed by atoms with van der Waals surface area (Å²) < 4.78 is 41.3. The molecule has 0 aliphatic carbocycles. The predicted octanol–water partition coefficient (Wildman–Crippen LogP) is 2.70. The lowest BCUT2D eigenvalue weighted by molar-refractivity contribution is -0.215. The molecule has 0 saturated carbocycles. The fraction of sp³-hybridized carbons (Fsp3) is 0.571. The Hall–Kier alpha value is -0.620. The first-order valence-corrected chi connectivity index (χ1v) is 4.34. The molecule has 1 rings (SSSR count). The number of hydrogen-bond donors (Lipinski definition) is 0. The number of aryl methyl sites for hydroxylation is 1. The van der Waals surface area contributed by atoms with Gasteiger partial charge in [-0.2, -0.15) is 13.2 Å². The van der Waals surface area contributed by atoms with Gasteiger partial charge in [-0.05, 0) is 6.92 Å². The van der Waals surface area contributed by atoms with Crippen LogP contribution in [0.5, 0.6) is 0 Å². The Labute approximate surface area is 77.4 Å². The summed E-state index contributed by atoms with van der Waals surface area (Å²) in [5.74, 6) is 0. The van der Waals surface area contributed by atoms with Gasteiger partial charge in [0.15, 0.2) is 6.10 Å². The lowest BCUT2D eigenvalue weighted by Crippen LogP contribution is -2.22. The van der Waals surface area contributed by atoms with Gasteiger partial charge in [-0.15, -0.1) is 11.3 Å². The molecule has 0 saturated heterocycles. The Kier molecular flexibility index (Phi) is 2.92. The first-order valence-electron chi connectivity index (χ1n) is 3.46. The fourth-order valence-corrected chi connectivity index (χ4v) is 1.85. The van der Waals surface area contributed by atoms with E-state index in [0.717, 1.165) is 18.4 Å². The van der Waals surface area contributed by atoms with E-state index >= 15 is 0 Å². The SMILES string of the molecule is COC(c1scnc1C)C(F)(F)F. The lowest BCUT2D eigenvalue weighted by atomic mass is 10.2. The van der Waals surface area contributed by atoms with Gasteiger partial charge in [-0.3, -0.25) is 0 Å². The summed E-state index contributed by atoms with van der Waals surface area (Å²) in [5.41, 5.74) is 1.75. The first kappa shape index (κ1) is 10.5. The number of thiazole rings is 1. The molecule has 0 fully saturated rings. The van der Waals surface area contributed by atoms with E-state index in [-0.39, 0.29) is 4.88 Å². The molecular weight excluding hydrogens is 203 g/mol. The molecule has 0 aliphatic heterocycles. The van der Waals surface area contributed by atoms with Crippen LogP contribution in [-0.4, -0.2) is 18.3 Å². The molecular formula is C7H8F3NOS. The van der Waals surface area contributed by atoms with Gasteiger partial charge in [0.2, 0.25) is 0 Å². The summed E-state index contributed by atoms with van der Waals surface area (Å²) in [4.78, 5) is 3.86. The van der Waals surface area contributed by atoms with Crippen LogP contribution in [0.4, 0.5) is 13.2 Å². The summed E-state index contributed by atoms with van der Waals surface area (Å²) >= 11 is 0.953. The fourth-order valence-electron chi connectivity index (χ4n) is 0.952. The van der Waals surface area contributed by atoms with Crippen molar-refractivity contribution in [1.29, 1.82) is 0 Å². The first-order chi connectivity index (χ1) is 5.96. The maximum atomic E-state index is 12.3. The second-order valence-corrected chi connectivity index (χ2v) is 3.35. The van der Waals surface area contributed by atoms with Crippen LogP contribution in [0.2, 0.25) is 0 Å². The van der Waals surface area contributed by atoms with Crippen molar-refractivity contribution >= 4 is 11.3 Å². The summed E-state index contributed by atoms with van der Waals surface area (Å²) in [5, 5.41) is 0. The molecule has 0 amide bonds. The van der Waals surface area contributed by atoms with Crippen LogP contribution in [0.3, 0.4) is 0 Å². The van der Waals surface area contributed by atoms with Crippen molar-refractivity contribution in [2.75, 3.05) is 7.11 Å². The van der Waals surface area contributed by atoms with Gasteiger partial charge >= 0.3 is 6.18 Å². The van der Waals surface area contributed by atoms with Gasteiger partial charge < -0.3 is 4.74 Å². The van der Waals surface area contributed by atoms with Crippen LogP contribution >= 0.6 is 11.3 Å². The molecule has 0 radical (unpaired) electrons. The average Bonchev–Trinajstić information content (AvgIpc) is 2.35. The minimum Gasteiger partial charge on any atom is -0.366 e. The van der Waals surface area contributed by atoms with Crippen molar-refractivity contribution in [3.63, 3.8) is 0 Å². The topological polar surface area (TPSA) is 22.1 Å². The lowest BCUT2D eigenvalue weighted by Gasteiger charge is -2.17. The van der Waals surface area contributed by atoms with Crippen LogP contribution in [-0.2, 0) is 4.74 Å². The van der Waals surface area contributed by atoms with Crippen LogP contribution in [0.25, 0.3) is 0 Å². The molecule has 1 unspecified atom stereocenters. The van der Waals surface area contributed by atoms with Gasteiger partial charge in [0.05, 0.1) is 16.1 Å². The molecule has 0 aromatic carbocycles. The maximum Gasteiger partial charge on any atom is 0.419 e. The molecule has 1 aromatic rings. The highest BCUT2D eigenvalue weighted by Crippen LogP contribution is 2.38. The zero-order valence-corrected chi connectivity index (χ0v) is 7.87. The van der Waals surface area contributed by atoms with Gasteiger partial charge in [0.1, 0.15) is 0 Å². The number of methoxy groups -OCH3 is 1. The summed E-state index contributed by atoms with van der Waals surface area (Å²) in [7, 11) is 1.04. The molecule has 1 atom stereocenters. The third-order valence-electron chi connectivity index (χ3n) is 1.55. The normalized spacial score (nSPS) is 14.5. The van der Waals surface area contributed by atoms with Crippen molar-refractivity contribution in [2.45, 2.75) is 19.2 Å². The minimum absolute atomic E-state index is 0.120. The summed E-state index contributed by atoms with van der Waals surface area (Å²) in [6.07, 6.45) is -6.22. The Morgan fingerprint density at radius 2 is 2.15 bits per heavy atom. The number of alkyl halides is 3. The van der Waals surface area contributed by atoms with E-state index in [1.54, 1.807) is 0 Å². The van der Waals surface area contributed by atoms with E-state index in [9.17, 15) is 13.2 Å². The van der Waals surface area contributed by atoms with E-state index in [2.05, 4.69) is 9.72 Å². The molecule has 6 heteroatoms. The molecule has 1 aromatic heterocycles. The molecule has 0 aliphatic rings. The average molecular weight is 211 g/mol. The van der Waals surface area contributed by atoms with Crippen molar-refractivity contribution in [3.8, 4) is 0 Å². The highest BCUT2D eigenvalue weighted by atomic mass is 32.1. The molecule has 2 nitrogen and oxygen atoms in total. The Bertz CT molecular complexity index is 284. The van der Waals surface area contributed by atoms with E-state index in [1.165, 1.54) is 12.4 Å². The van der Waals surface area contributed by atoms with E-state index in [1.807, 2.05) is 0 Å². The van der Waals surface area contributed by atoms with E-state index in [0.29, 0.717) is 5.69 Å². The molecule has 0 N–H and O–H groups in total. The molecule has 13 heavy (non-hydrogen) atoms. The molecule has 0 bridgehead atoms. The predicted molar refractivity (Wildman–Crippen MR) is 42.7 cm³/mol. The van der Waals surface area contributed by atoms with Crippen LogP contribution in [0.1, 0.15) is 16.7 Å². The van der Waals surface area contributed by atoms with Gasteiger partial charge in [-0.1, -0.05) is 0 Å². The Morgan fingerprint density at radius 1 is 1.54 bits per heavy atom. The zero-order valence-electron chi connectivity index (χ0n) is 7.05. The number of rotatable bonds is 2. The molecule has 74 valence electrons. The van der Waals surface area contributed by atoms with Crippen LogP contribution < -0.4 is 0 Å². The largest absolute Gasteiger partial charge is 0.419 e. The third-order valence-corrected chi connectivity index (χ3v) is 2.53. The maximum absolute atomic E-state index is 12.3. The van der Waals surface area contributed by atoms with Gasteiger partial charge in [0.25, 0.3) is 0 Å². The highest BCUT2D eigenvalue weighted by molar-refractivity contribution is 7.09. The van der Waals surface area contributed by atoms with Crippen LogP contribution in [0.15, 0.2) is 5.51 Å². The summed E-state index contributed by atoms with van der Waals surface area (Å²) in [6.45, 7) is 1.53. The number of ether oxygens (including phenoxy) is 1. The van der Waals surface area contributed by atoms with Crippen molar-refractivity contribution < 1.29 is 17.9 Å². The smallest absolute Gasteiger partial charge is 0.366 e. The van der Waals surface area contributed by atoms with Crippen LogP contribution in [0, 0.1) is 6.92 Å². The quantitative estimate of drug-likeness (QED) is 0.750. The van der Waals surface area contributed by atoms with Gasteiger partial charge in [-0.25, -0.2) is 4.98 Å². The van der Waals surface area contributed by atoms with E-state index in [4.69, 9.17) is 0 Å². The van der Waals surface area contributed by atoms with E-state index < -0.39 is 12.3 Å². The zero-order chi connectivity index (χ0) is 10.1. The second-order valence-electron chi connectivity index (χ2n) is 2.46. The Morgan fingerprint density at radius 3 is 2.46 bits per heavy atom. The number of halogens is 3. The Balaban J connectivity index is 2.98. The van der Waals surface area contributed by atoms with Crippen molar-refractivity contribution in [3.05, 3.63) is 16.1 Å².